The molecule has 0 spiro atoms. The lowest BCUT2D eigenvalue weighted by Gasteiger charge is -2.15. The fourth-order valence-electron chi connectivity index (χ4n) is 1.56. The lowest BCUT2D eigenvalue weighted by molar-refractivity contribution is 0.0858. The molecule has 0 aliphatic carbocycles. The third-order valence-corrected chi connectivity index (χ3v) is 3.73. The van der Waals surface area contributed by atoms with E-state index in [1.165, 1.54) is 16.0 Å². The summed E-state index contributed by atoms with van der Waals surface area (Å²) in [7, 11) is 0. The van der Waals surface area contributed by atoms with E-state index in [0.717, 1.165) is 12.4 Å². The molecule has 90 valence electrons. The van der Waals surface area contributed by atoms with Crippen molar-refractivity contribution in [3.63, 3.8) is 0 Å². The van der Waals surface area contributed by atoms with E-state index >= 15 is 0 Å². The monoisotopic (exact) mass is 239 g/mol. The molecule has 2 nitrogen and oxygen atoms in total. The lowest BCUT2D eigenvalue weighted by Crippen LogP contribution is -2.26. The summed E-state index contributed by atoms with van der Waals surface area (Å²) >= 11 is 1.82. The Hall–Kier alpha value is -0.510. The summed E-state index contributed by atoms with van der Waals surface area (Å²) in [5.74, 6) is 0.925. The van der Waals surface area contributed by atoms with Gasteiger partial charge in [-0.05, 0) is 32.4 Å². The van der Waals surface area contributed by atoms with Gasteiger partial charge in [-0.15, -0.1) is 11.8 Å². The second kappa shape index (κ2) is 6.94. The number of thioether (sulfide) groups is 1. The molecule has 1 aromatic rings. The van der Waals surface area contributed by atoms with Crippen molar-refractivity contribution in [2.45, 2.75) is 31.8 Å². The van der Waals surface area contributed by atoms with Crippen LogP contribution in [0.5, 0.6) is 0 Å². The summed E-state index contributed by atoms with van der Waals surface area (Å²) in [4.78, 5) is 1.32. The second-order valence-corrected chi connectivity index (χ2v) is 4.95. The maximum atomic E-state index is 5.65. The van der Waals surface area contributed by atoms with Gasteiger partial charge in [0.2, 0.25) is 0 Å². The van der Waals surface area contributed by atoms with Gasteiger partial charge in [0.25, 0.3) is 0 Å². The summed E-state index contributed by atoms with van der Waals surface area (Å²) in [5, 5.41) is 0. The van der Waals surface area contributed by atoms with Gasteiger partial charge in [0, 0.05) is 23.8 Å². The fraction of sp³-hybridized carbons (Fsp3) is 0.538. The van der Waals surface area contributed by atoms with Crippen molar-refractivity contribution in [1.29, 1.82) is 0 Å². The Bertz CT molecular complexity index is 328. The van der Waals surface area contributed by atoms with Gasteiger partial charge in [0.15, 0.2) is 0 Å². The van der Waals surface area contributed by atoms with Crippen molar-refractivity contribution < 1.29 is 4.74 Å². The fourth-order valence-corrected chi connectivity index (χ4v) is 2.61. The molecule has 0 saturated carbocycles. The number of ether oxygens (including phenoxy) is 1. The van der Waals surface area contributed by atoms with Crippen molar-refractivity contribution >= 4 is 11.8 Å². The number of aryl methyl sites for hydroxylation is 2. The van der Waals surface area contributed by atoms with E-state index in [-0.39, 0.29) is 6.10 Å². The Kier molecular flexibility index (Phi) is 5.88. The van der Waals surface area contributed by atoms with Gasteiger partial charge in [-0.3, -0.25) is 0 Å². The molecule has 0 fully saturated rings. The van der Waals surface area contributed by atoms with Gasteiger partial charge >= 0.3 is 0 Å². The van der Waals surface area contributed by atoms with E-state index < -0.39 is 0 Å². The molecule has 0 bridgehead atoms. The summed E-state index contributed by atoms with van der Waals surface area (Å²) in [5.41, 5.74) is 8.29. The molecule has 0 heterocycles. The zero-order chi connectivity index (χ0) is 12.0. The quantitative estimate of drug-likeness (QED) is 0.775. The topological polar surface area (TPSA) is 35.2 Å². The number of rotatable bonds is 6. The molecule has 2 N–H and O–H groups in total. The highest BCUT2D eigenvalue weighted by Crippen LogP contribution is 2.24. The molecule has 1 atom stereocenters. The van der Waals surface area contributed by atoms with E-state index in [1.54, 1.807) is 0 Å². The van der Waals surface area contributed by atoms with Crippen LogP contribution in [0.4, 0.5) is 0 Å². The van der Waals surface area contributed by atoms with Crippen LogP contribution in [0.1, 0.15) is 18.1 Å². The Balaban J connectivity index is 2.53. The van der Waals surface area contributed by atoms with Crippen LogP contribution in [0.25, 0.3) is 0 Å². The largest absolute Gasteiger partial charge is 0.376 e. The molecule has 1 unspecified atom stereocenters. The summed E-state index contributed by atoms with van der Waals surface area (Å²) in [6, 6.07) is 6.53. The lowest BCUT2D eigenvalue weighted by atomic mass is 10.2. The Labute approximate surface area is 103 Å². The first kappa shape index (κ1) is 13.6. The van der Waals surface area contributed by atoms with Gasteiger partial charge in [-0.1, -0.05) is 17.7 Å². The van der Waals surface area contributed by atoms with Crippen LogP contribution in [-0.4, -0.2) is 25.0 Å². The highest BCUT2D eigenvalue weighted by atomic mass is 32.2. The van der Waals surface area contributed by atoms with Crippen LogP contribution in [0.3, 0.4) is 0 Å². The number of nitrogens with two attached hydrogens (primary N) is 1. The van der Waals surface area contributed by atoms with Gasteiger partial charge in [0.05, 0.1) is 6.10 Å². The van der Waals surface area contributed by atoms with Crippen molar-refractivity contribution in [3.8, 4) is 0 Å². The molecular weight excluding hydrogens is 218 g/mol. The van der Waals surface area contributed by atoms with Gasteiger partial charge in [0.1, 0.15) is 0 Å². The third-order valence-electron chi connectivity index (χ3n) is 2.42. The standard InChI is InChI=1S/C13H21NOS/c1-4-15-12(8-14)9-16-13-6-5-10(2)7-11(13)3/h5-7,12H,4,8-9,14H2,1-3H3. The van der Waals surface area contributed by atoms with Gasteiger partial charge in [-0.25, -0.2) is 0 Å². The Morgan fingerprint density at radius 2 is 2.12 bits per heavy atom. The van der Waals surface area contributed by atoms with E-state index in [1.807, 2.05) is 18.7 Å². The average Bonchev–Trinajstić information content (AvgIpc) is 2.26. The minimum absolute atomic E-state index is 0.163. The first-order valence-corrected chi connectivity index (χ1v) is 6.67. The molecule has 0 radical (unpaired) electrons. The Morgan fingerprint density at radius 3 is 2.69 bits per heavy atom. The van der Waals surface area contributed by atoms with Crippen molar-refractivity contribution in [2.75, 3.05) is 18.9 Å². The van der Waals surface area contributed by atoms with Crippen LogP contribution in [-0.2, 0) is 4.74 Å². The summed E-state index contributed by atoms with van der Waals surface area (Å²) < 4.78 is 5.53. The predicted molar refractivity (Wildman–Crippen MR) is 71.1 cm³/mol. The van der Waals surface area contributed by atoms with Crippen molar-refractivity contribution in [2.24, 2.45) is 5.73 Å². The summed E-state index contributed by atoms with van der Waals surface area (Å²) in [6.07, 6.45) is 0.163. The van der Waals surface area contributed by atoms with Crippen LogP contribution >= 0.6 is 11.8 Å². The number of hydrogen-bond acceptors (Lipinski definition) is 3. The molecule has 0 aromatic heterocycles. The van der Waals surface area contributed by atoms with E-state index in [2.05, 4.69) is 32.0 Å². The first-order valence-electron chi connectivity index (χ1n) is 5.69. The zero-order valence-corrected chi connectivity index (χ0v) is 11.1. The highest BCUT2D eigenvalue weighted by molar-refractivity contribution is 7.99. The highest BCUT2D eigenvalue weighted by Gasteiger charge is 2.07. The predicted octanol–water partition coefficient (Wildman–Crippen LogP) is 2.76. The second-order valence-electron chi connectivity index (χ2n) is 3.89. The molecule has 16 heavy (non-hydrogen) atoms. The maximum Gasteiger partial charge on any atom is 0.0790 e. The van der Waals surface area contributed by atoms with Crippen LogP contribution < -0.4 is 5.73 Å². The molecule has 0 aliphatic heterocycles. The van der Waals surface area contributed by atoms with Crippen LogP contribution in [0, 0.1) is 13.8 Å². The molecular formula is C13H21NOS. The average molecular weight is 239 g/mol. The molecule has 0 amide bonds. The molecule has 1 rings (SSSR count). The minimum Gasteiger partial charge on any atom is -0.376 e. The maximum absolute atomic E-state index is 5.65. The van der Waals surface area contributed by atoms with Crippen LogP contribution in [0.2, 0.25) is 0 Å². The van der Waals surface area contributed by atoms with Crippen LogP contribution in [0.15, 0.2) is 23.1 Å². The normalized spacial score (nSPS) is 12.8. The van der Waals surface area contributed by atoms with Crippen molar-refractivity contribution in [1.82, 2.24) is 0 Å². The van der Waals surface area contributed by atoms with Crippen molar-refractivity contribution in [3.05, 3.63) is 29.3 Å². The summed E-state index contributed by atoms with van der Waals surface area (Å²) in [6.45, 7) is 7.59. The zero-order valence-electron chi connectivity index (χ0n) is 10.3. The third kappa shape index (κ3) is 4.16. The smallest absolute Gasteiger partial charge is 0.0790 e. The number of hydrogen-bond donors (Lipinski definition) is 1. The Morgan fingerprint density at radius 1 is 1.38 bits per heavy atom. The molecule has 3 heteroatoms. The first-order chi connectivity index (χ1) is 7.67. The van der Waals surface area contributed by atoms with E-state index in [9.17, 15) is 0 Å². The van der Waals surface area contributed by atoms with Gasteiger partial charge < -0.3 is 10.5 Å². The number of benzene rings is 1. The van der Waals surface area contributed by atoms with Gasteiger partial charge in [-0.2, -0.15) is 0 Å². The SMILES string of the molecule is CCOC(CN)CSc1ccc(C)cc1C. The van der Waals surface area contributed by atoms with E-state index in [4.69, 9.17) is 10.5 Å². The molecule has 0 saturated heterocycles. The van der Waals surface area contributed by atoms with E-state index in [0.29, 0.717) is 6.54 Å². The molecule has 1 aromatic carbocycles. The minimum atomic E-state index is 0.163. The molecule has 0 aliphatic rings.